The molecule has 1 saturated heterocycles. The first-order chi connectivity index (χ1) is 13.8. The highest BCUT2D eigenvalue weighted by atomic mass is 16.6. The third kappa shape index (κ3) is 4.37. The van der Waals surface area contributed by atoms with Crippen molar-refractivity contribution in [2.75, 3.05) is 13.2 Å². The number of ether oxygens (including phenoxy) is 2. The summed E-state index contributed by atoms with van der Waals surface area (Å²) < 4.78 is 12.8. The fourth-order valence-electron chi connectivity index (χ4n) is 3.71. The molecule has 0 unspecified atom stereocenters. The molecule has 0 N–H and O–H groups in total. The van der Waals surface area contributed by atoms with Crippen LogP contribution in [0.1, 0.15) is 50.5 Å². The van der Waals surface area contributed by atoms with Gasteiger partial charge in [0.2, 0.25) is 5.78 Å². The van der Waals surface area contributed by atoms with E-state index in [1.54, 1.807) is 25.1 Å². The molecule has 29 heavy (non-hydrogen) atoms. The summed E-state index contributed by atoms with van der Waals surface area (Å²) in [4.78, 5) is 35.6. The van der Waals surface area contributed by atoms with Crippen LogP contribution in [-0.4, -0.2) is 40.6 Å². The number of esters is 1. The van der Waals surface area contributed by atoms with E-state index < -0.39 is 17.5 Å². The van der Waals surface area contributed by atoms with Crippen LogP contribution in [0.25, 0.3) is 0 Å². The molecule has 2 heterocycles. The molecule has 0 spiro atoms. The van der Waals surface area contributed by atoms with E-state index in [-0.39, 0.29) is 23.1 Å². The van der Waals surface area contributed by atoms with Crippen LogP contribution < -0.4 is 0 Å². The first kappa shape index (κ1) is 20.7. The van der Waals surface area contributed by atoms with Crippen LogP contribution in [0.15, 0.2) is 24.3 Å². The Hall–Kier alpha value is -3.00. The lowest BCUT2D eigenvalue weighted by Crippen LogP contribution is -2.18. The molecule has 0 radical (unpaired) electrons. The largest absolute Gasteiger partial charge is 0.454 e. The van der Waals surface area contributed by atoms with Crippen molar-refractivity contribution in [3.8, 4) is 0 Å². The van der Waals surface area contributed by atoms with Crippen LogP contribution in [-0.2, 0) is 16.0 Å². The number of Topliss-reactive ketones (excluding diaryl/α,β-unsaturated/α-hetero) is 1. The maximum Gasteiger partial charge on any atom is 0.345 e. The molecule has 8 heteroatoms. The summed E-state index contributed by atoms with van der Waals surface area (Å²) in [5.41, 5.74) is 2.09. The first-order valence-corrected chi connectivity index (χ1v) is 9.52. The van der Waals surface area contributed by atoms with Crippen molar-refractivity contribution in [2.45, 2.75) is 46.3 Å². The number of para-hydroxylation sites is 1. The summed E-state index contributed by atoms with van der Waals surface area (Å²) in [5.74, 6) is -1.23. The quantitative estimate of drug-likeness (QED) is 0.305. The van der Waals surface area contributed by atoms with Crippen LogP contribution in [0, 0.1) is 30.9 Å². The van der Waals surface area contributed by atoms with Crippen molar-refractivity contribution in [1.82, 2.24) is 4.57 Å². The van der Waals surface area contributed by atoms with E-state index in [1.807, 2.05) is 18.4 Å². The molecule has 8 nitrogen and oxygen atoms in total. The van der Waals surface area contributed by atoms with E-state index in [1.165, 1.54) is 6.07 Å². The maximum atomic E-state index is 12.6. The van der Waals surface area contributed by atoms with Gasteiger partial charge in [-0.1, -0.05) is 12.1 Å². The molecule has 1 aliphatic heterocycles. The number of carbonyl (C=O) groups excluding carboxylic acids is 2. The Kier molecular flexibility index (Phi) is 6.12. The number of aromatic nitrogens is 1. The number of ketones is 1. The molecule has 3 rings (SSSR count). The average molecular weight is 400 g/mol. The van der Waals surface area contributed by atoms with Gasteiger partial charge in [-0.05, 0) is 45.7 Å². The maximum absolute atomic E-state index is 12.6. The van der Waals surface area contributed by atoms with E-state index >= 15 is 0 Å². The number of carbonyl (C=O) groups is 2. The second-order valence-corrected chi connectivity index (χ2v) is 7.26. The standard InChI is InChI=1S/C21H24N2O6/c1-13-6-4-8-17(20(13)23(26)27)21(25)29-12-19(24)18-10-14(2)22(15(18)3)11-16-7-5-9-28-16/h4,6,8,10,16H,5,7,9,11-12H2,1-3H3/t16-/m0/s1. The number of nitro groups is 1. The monoisotopic (exact) mass is 400 g/mol. The Morgan fingerprint density at radius 2 is 2.03 bits per heavy atom. The lowest BCUT2D eigenvalue weighted by Gasteiger charge is -2.14. The van der Waals surface area contributed by atoms with Gasteiger partial charge in [0.1, 0.15) is 5.56 Å². The fraction of sp³-hybridized carbons (Fsp3) is 0.429. The van der Waals surface area contributed by atoms with Gasteiger partial charge in [0.15, 0.2) is 6.61 Å². The summed E-state index contributed by atoms with van der Waals surface area (Å²) >= 11 is 0. The molecule has 1 fully saturated rings. The van der Waals surface area contributed by atoms with Gasteiger partial charge in [-0.25, -0.2) is 4.79 Å². The van der Waals surface area contributed by atoms with E-state index in [0.29, 0.717) is 17.7 Å². The molecule has 2 aromatic rings. The zero-order valence-corrected chi connectivity index (χ0v) is 16.8. The zero-order chi connectivity index (χ0) is 21.1. The molecular weight excluding hydrogens is 376 g/mol. The van der Waals surface area contributed by atoms with Crippen LogP contribution in [0.4, 0.5) is 5.69 Å². The summed E-state index contributed by atoms with van der Waals surface area (Å²) in [6.45, 7) is 6.28. The predicted octanol–water partition coefficient (Wildman–Crippen LogP) is 3.54. The third-order valence-electron chi connectivity index (χ3n) is 5.26. The van der Waals surface area contributed by atoms with Gasteiger partial charge in [-0.3, -0.25) is 14.9 Å². The Labute approximate surface area is 168 Å². The zero-order valence-electron chi connectivity index (χ0n) is 16.8. The normalized spacial score (nSPS) is 16.0. The van der Waals surface area contributed by atoms with Crippen molar-refractivity contribution in [1.29, 1.82) is 0 Å². The molecule has 1 aliphatic rings. The number of nitro benzene ring substituents is 1. The number of hydrogen-bond acceptors (Lipinski definition) is 6. The molecule has 0 amide bonds. The second-order valence-electron chi connectivity index (χ2n) is 7.26. The Morgan fingerprint density at radius 1 is 1.28 bits per heavy atom. The van der Waals surface area contributed by atoms with Gasteiger partial charge >= 0.3 is 5.97 Å². The van der Waals surface area contributed by atoms with Gasteiger partial charge in [0.25, 0.3) is 5.69 Å². The Morgan fingerprint density at radius 3 is 2.69 bits per heavy atom. The minimum atomic E-state index is -0.887. The number of benzene rings is 1. The minimum absolute atomic E-state index is 0.141. The SMILES string of the molecule is Cc1cccc(C(=O)OCC(=O)c2cc(C)n(C[C@@H]3CCCO3)c2C)c1[N+](=O)[O-]. The van der Waals surface area contributed by atoms with Gasteiger partial charge in [-0.15, -0.1) is 0 Å². The van der Waals surface area contributed by atoms with Crippen molar-refractivity contribution >= 4 is 17.4 Å². The average Bonchev–Trinajstić information content (AvgIpc) is 3.29. The Bertz CT molecular complexity index is 956. The predicted molar refractivity (Wildman–Crippen MR) is 105 cm³/mol. The van der Waals surface area contributed by atoms with Gasteiger partial charge < -0.3 is 14.0 Å². The molecule has 0 aliphatic carbocycles. The molecule has 1 aromatic heterocycles. The van der Waals surface area contributed by atoms with Crippen molar-refractivity contribution in [3.63, 3.8) is 0 Å². The van der Waals surface area contributed by atoms with Gasteiger partial charge in [0.05, 0.1) is 11.0 Å². The second kappa shape index (κ2) is 8.57. The van der Waals surface area contributed by atoms with Crippen molar-refractivity contribution < 1.29 is 24.0 Å². The number of aryl methyl sites for hydroxylation is 2. The highest BCUT2D eigenvalue weighted by Gasteiger charge is 2.25. The fourth-order valence-corrected chi connectivity index (χ4v) is 3.71. The smallest absolute Gasteiger partial charge is 0.345 e. The van der Waals surface area contributed by atoms with E-state index in [0.717, 1.165) is 30.8 Å². The first-order valence-electron chi connectivity index (χ1n) is 9.52. The molecule has 0 saturated carbocycles. The highest BCUT2D eigenvalue weighted by Crippen LogP contribution is 2.24. The molecular formula is C21H24N2O6. The number of nitrogens with zero attached hydrogens (tertiary/aromatic N) is 2. The van der Waals surface area contributed by atoms with Crippen LogP contribution in [0.5, 0.6) is 0 Å². The van der Waals surface area contributed by atoms with Crippen molar-refractivity contribution in [3.05, 3.63) is 62.5 Å². The topological polar surface area (TPSA) is 101 Å². The summed E-state index contributed by atoms with van der Waals surface area (Å²) in [6.07, 6.45) is 2.17. The lowest BCUT2D eigenvalue weighted by atomic mass is 10.1. The summed E-state index contributed by atoms with van der Waals surface area (Å²) in [5, 5.41) is 11.3. The van der Waals surface area contributed by atoms with Crippen LogP contribution >= 0.6 is 0 Å². The number of hydrogen-bond donors (Lipinski definition) is 0. The van der Waals surface area contributed by atoms with Crippen LogP contribution in [0.3, 0.4) is 0 Å². The molecule has 154 valence electrons. The van der Waals surface area contributed by atoms with Gasteiger partial charge in [0, 0.05) is 35.7 Å². The van der Waals surface area contributed by atoms with Crippen molar-refractivity contribution in [2.24, 2.45) is 0 Å². The number of rotatable bonds is 7. The van der Waals surface area contributed by atoms with E-state index in [4.69, 9.17) is 9.47 Å². The van der Waals surface area contributed by atoms with E-state index in [9.17, 15) is 19.7 Å². The minimum Gasteiger partial charge on any atom is -0.454 e. The molecule has 1 aromatic carbocycles. The lowest BCUT2D eigenvalue weighted by molar-refractivity contribution is -0.385. The molecule has 1 atom stereocenters. The summed E-state index contributed by atoms with van der Waals surface area (Å²) in [7, 11) is 0. The van der Waals surface area contributed by atoms with Crippen LogP contribution in [0.2, 0.25) is 0 Å². The van der Waals surface area contributed by atoms with Gasteiger partial charge in [-0.2, -0.15) is 0 Å². The highest BCUT2D eigenvalue weighted by molar-refractivity contribution is 6.01. The Balaban J connectivity index is 1.71. The summed E-state index contributed by atoms with van der Waals surface area (Å²) in [6, 6.07) is 6.18. The third-order valence-corrected chi connectivity index (χ3v) is 5.26. The molecule has 0 bridgehead atoms. The van der Waals surface area contributed by atoms with E-state index in [2.05, 4.69) is 0 Å².